The molecule has 2 rings (SSSR count). The molecule has 0 aliphatic rings. The third-order valence-electron chi connectivity index (χ3n) is 3.74. The van der Waals surface area contributed by atoms with E-state index in [0.29, 0.717) is 0 Å². The van der Waals surface area contributed by atoms with Crippen molar-refractivity contribution < 1.29 is 4.74 Å². The third-order valence-corrected chi connectivity index (χ3v) is 3.74. The fraction of sp³-hybridized carbons (Fsp3) is 0.333. The van der Waals surface area contributed by atoms with Gasteiger partial charge >= 0.3 is 0 Å². The number of hydrogen-bond donors (Lipinski definition) is 1. The summed E-state index contributed by atoms with van der Waals surface area (Å²) in [7, 11) is 0. The number of benzene rings is 2. The molecule has 2 nitrogen and oxygen atoms in total. The maximum Gasteiger partial charge on any atom is 0.132 e. The molecule has 2 N–H and O–H groups in total. The summed E-state index contributed by atoms with van der Waals surface area (Å²) in [4.78, 5) is 0. The van der Waals surface area contributed by atoms with Gasteiger partial charge < -0.3 is 10.5 Å². The average molecular weight is 269 g/mol. The zero-order valence-electron chi connectivity index (χ0n) is 12.7. The van der Waals surface area contributed by atoms with Crippen LogP contribution in [0.3, 0.4) is 0 Å². The predicted molar refractivity (Wildman–Crippen MR) is 84.4 cm³/mol. The van der Waals surface area contributed by atoms with Crippen LogP contribution in [0.1, 0.15) is 41.6 Å². The van der Waals surface area contributed by atoms with Gasteiger partial charge in [0.05, 0.1) is 0 Å². The first-order valence-corrected chi connectivity index (χ1v) is 7.13. The zero-order valence-corrected chi connectivity index (χ0v) is 12.7. The highest BCUT2D eigenvalue weighted by atomic mass is 16.5. The summed E-state index contributed by atoms with van der Waals surface area (Å²) in [6, 6.07) is 12.3. The second kappa shape index (κ2) is 6.10. The van der Waals surface area contributed by atoms with E-state index in [1.807, 2.05) is 24.3 Å². The van der Waals surface area contributed by atoms with Crippen molar-refractivity contribution in [3.05, 3.63) is 58.7 Å². The molecule has 0 heterocycles. The van der Waals surface area contributed by atoms with Crippen LogP contribution in [-0.2, 0) is 0 Å². The Morgan fingerprint density at radius 2 is 1.75 bits per heavy atom. The number of nitrogens with two attached hydrogens (primary N) is 1. The molecule has 0 fully saturated rings. The fourth-order valence-corrected chi connectivity index (χ4v) is 2.32. The third kappa shape index (κ3) is 3.02. The van der Waals surface area contributed by atoms with Crippen molar-refractivity contribution in [3.63, 3.8) is 0 Å². The summed E-state index contributed by atoms with van der Waals surface area (Å²) in [6.07, 6.45) is 0.895. The zero-order chi connectivity index (χ0) is 14.7. The summed E-state index contributed by atoms with van der Waals surface area (Å²) in [6.45, 7) is 8.37. The van der Waals surface area contributed by atoms with Crippen LogP contribution in [0, 0.1) is 20.8 Å². The highest BCUT2D eigenvalue weighted by Gasteiger charge is 2.12. The van der Waals surface area contributed by atoms with E-state index in [9.17, 15) is 0 Å². The Balaban J connectivity index is 2.40. The molecule has 0 unspecified atom stereocenters. The molecular weight excluding hydrogens is 246 g/mol. The molecule has 0 spiro atoms. The Kier molecular flexibility index (Phi) is 4.46. The van der Waals surface area contributed by atoms with Crippen LogP contribution in [0.4, 0.5) is 0 Å². The minimum atomic E-state index is 0.0115. The summed E-state index contributed by atoms with van der Waals surface area (Å²) in [5.41, 5.74) is 10.9. The summed E-state index contributed by atoms with van der Waals surface area (Å²) in [5.74, 6) is 1.77. The molecule has 0 aromatic heterocycles. The molecule has 0 aliphatic heterocycles. The van der Waals surface area contributed by atoms with Gasteiger partial charge in [-0.05, 0) is 56.0 Å². The monoisotopic (exact) mass is 269 g/mol. The standard InChI is InChI=1S/C18H23NO/c1-5-16(19)15-8-6-7-9-17(15)20-18-11-12(2)10-13(3)14(18)4/h6-11,16H,5,19H2,1-4H3/t16-/m1/s1. The van der Waals surface area contributed by atoms with E-state index < -0.39 is 0 Å². The Labute approximate surface area is 121 Å². The molecule has 0 saturated carbocycles. The van der Waals surface area contributed by atoms with Gasteiger partial charge in [-0.3, -0.25) is 0 Å². The van der Waals surface area contributed by atoms with Gasteiger partial charge in [0, 0.05) is 11.6 Å². The number of rotatable bonds is 4. The lowest BCUT2D eigenvalue weighted by molar-refractivity contribution is 0.464. The van der Waals surface area contributed by atoms with E-state index in [1.54, 1.807) is 0 Å². The van der Waals surface area contributed by atoms with Crippen molar-refractivity contribution in [2.75, 3.05) is 0 Å². The van der Waals surface area contributed by atoms with Crippen molar-refractivity contribution in [3.8, 4) is 11.5 Å². The number of ether oxygens (including phenoxy) is 1. The molecule has 0 radical (unpaired) electrons. The van der Waals surface area contributed by atoms with Crippen LogP contribution in [0.2, 0.25) is 0 Å². The number of para-hydroxylation sites is 1. The Hall–Kier alpha value is -1.80. The van der Waals surface area contributed by atoms with Crippen LogP contribution < -0.4 is 10.5 Å². The van der Waals surface area contributed by atoms with Crippen LogP contribution in [-0.4, -0.2) is 0 Å². The van der Waals surface area contributed by atoms with Gasteiger partial charge in [0.15, 0.2) is 0 Å². The minimum absolute atomic E-state index is 0.0115. The molecule has 2 aromatic rings. The van der Waals surface area contributed by atoms with Crippen LogP contribution >= 0.6 is 0 Å². The maximum absolute atomic E-state index is 6.17. The first kappa shape index (κ1) is 14.6. The molecule has 0 saturated heterocycles. The van der Waals surface area contributed by atoms with Crippen molar-refractivity contribution >= 4 is 0 Å². The SMILES string of the molecule is CC[C@@H](N)c1ccccc1Oc1cc(C)cc(C)c1C. The van der Waals surface area contributed by atoms with E-state index in [-0.39, 0.29) is 6.04 Å². The van der Waals surface area contributed by atoms with Crippen LogP contribution in [0.5, 0.6) is 11.5 Å². The van der Waals surface area contributed by atoms with Gasteiger partial charge in [0.1, 0.15) is 11.5 Å². The van der Waals surface area contributed by atoms with Gasteiger partial charge in [0.25, 0.3) is 0 Å². The second-order valence-electron chi connectivity index (χ2n) is 5.36. The highest BCUT2D eigenvalue weighted by molar-refractivity contribution is 5.46. The molecular formula is C18H23NO. The van der Waals surface area contributed by atoms with Gasteiger partial charge in [-0.1, -0.05) is 31.2 Å². The molecule has 1 atom stereocenters. The lowest BCUT2D eigenvalue weighted by atomic mass is 10.0. The van der Waals surface area contributed by atoms with E-state index in [0.717, 1.165) is 23.5 Å². The molecule has 2 heteroatoms. The Morgan fingerprint density at radius 1 is 1.05 bits per heavy atom. The Bertz CT molecular complexity index is 604. The first-order valence-electron chi connectivity index (χ1n) is 7.13. The fourth-order valence-electron chi connectivity index (χ4n) is 2.32. The maximum atomic E-state index is 6.17. The number of aryl methyl sites for hydroxylation is 2. The molecule has 106 valence electrons. The van der Waals surface area contributed by atoms with Crippen molar-refractivity contribution in [2.45, 2.75) is 40.2 Å². The Morgan fingerprint density at radius 3 is 2.45 bits per heavy atom. The molecule has 2 aromatic carbocycles. The lowest BCUT2D eigenvalue weighted by Gasteiger charge is -2.17. The van der Waals surface area contributed by atoms with Crippen molar-refractivity contribution in [1.29, 1.82) is 0 Å². The van der Waals surface area contributed by atoms with Gasteiger partial charge in [-0.15, -0.1) is 0 Å². The minimum Gasteiger partial charge on any atom is -0.457 e. The lowest BCUT2D eigenvalue weighted by Crippen LogP contribution is -2.10. The van der Waals surface area contributed by atoms with E-state index >= 15 is 0 Å². The molecule has 0 bridgehead atoms. The van der Waals surface area contributed by atoms with E-state index in [1.165, 1.54) is 16.7 Å². The number of hydrogen-bond acceptors (Lipinski definition) is 2. The second-order valence-corrected chi connectivity index (χ2v) is 5.36. The first-order chi connectivity index (χ1) is 9.52. The van der Waals surface area contributed by atoms with Gasteiger partial charge in [0.2, 0.25) is 0 Å². The summed E-state index contributed by atoms with van der Waals surface area (Å²) >= 11 is 0. The topological polar surface area (TPSA) is 35.2 Å². The van der Waals surface area contributed by atoms with E-state index in [4.69, 9.17) is 10.5 Å². The van der Waals surface area contributed by atoms with Crippen molar-refractivity contribution in [2.24, 2.45) is 5.73 Å². The average Bonchev–Trinajstić information content (AvgIpc) is 2.44. The quantitative estimate of drug-likeness (QED) is 0.864. The van der Waals surface area contributed by atoms with Gasteiger partial charge in [-0.25, -0.2) is 0 Å². The van der Waals surface area contributed by atoms with Crippen LogP contribution in [0.15, 0.2) is 36.4 Å². The summed E-state index contributed by atoms with van der Waals surface area (Å²) < 4.78 is 6.14. The van der Waals surface area contributed by atoms with Crippen molar-refractivity contribution in [1.82, 2.24) is 0 Å². The molecule has 20 heavy (non-hydrogen) atoms. The normalized spacial score (nSPS) is 12.2. The molecule has 0 aliphatic carbocycles. The van der Waals surface area contributed by atoms with Gasteiger partial charge in [-0.2, -0.15) is 0 Å². The predicted octanol–water partition coefficient (Wildman–Crippen LogP) is 4.81. The molecule has 0 amide bonds. The summed E-state index contributed by atoms with van der Waals surface area (Å²) in [5, 5.41) is 0. The highest BCUT2D eigenvalue weighted by Crippen LogP contribution is 2.33. The van der Waals surface area contributed by atoms with Crippen LogP contribution in [0.25, 0.3) is 0 Å². The smallest absolute Gasteiger partial charge is 0.132 e. The largest absolute Gasteiger partial charge is 0.457 e. The van der Waals surface area contributed by atoms with E-state index in [2.05, 4.69) is 39.8 Å².